The minimum atomic E-state index is -1.71. The number of halogens is 3. The second kappa shape index (κ2) is 5.37. The summed E-state index contributed by atoms with van der Waals surface area (Å²) in [6.45, 7) is 3.54. The molecule has 1 aromatic heterocycles. The summed E-state index contributed by atoms with van der Waals surface area (Å²) in [7, 11) is 1.73. The smallest absolute Gasteiger partial charge is 0.258 e. The molecule has 0 N–H and O–H groups in total. The number of hydrogen-bond acceptors (Lipinski definition) is 3. The lowest BCUT2D eigenvalue weighted by Crippen LogP contribution is -2.27. The van der Waals surface area contributed by atoms with Crippen molar-refractivity contribution in [2.24, 2.45) is 7.05 Å². The Hall–Kier alpha value is -2.82. The number of aromatic nitrogens is 2. The van der Waals surface area contributed by atoms with Crippen LogP contribution < -0.4 is 0 Å². The van der Waals surface area contributed by atoms with Crippen molar-refractivity contribution in [3.8, 4) is 6.07 Å². The Morgan fingerprint density at radius 1 is 1.29 bits per heavy atom. The topological polar surface area (TPSA) is 61.9 Å². The molecule has 0 fully saturated rings. The Bertz CT molecular complexity index is 913. The van der Waals surface area contributed by atoms with Gasteiger partial charge in [-0.1, -0.05) is 0 Å². The first-order valence-corrected chi connectivity index (χ1v) is 7.15. The summed E-state index contributed by atoms with van der Waals surface area (Å²) in [5.41, 5.74) is 1.41. The van der Waals surface area contributed by atoms with Crippen molar-refractivity contribution < 1.29 is 18.0 Å². The van der Waals surface area contributed by atoms with Gasteiger partial charge in [0.25, 0.3) is 5.91 Å². The third kappa shape index (κ3) is 2.08. The lowest BCUT2D eigenvalue weighted by Gasteiger charge is -2.20. The third-order valence-electron chi connectivity index (χ3n) is 4.38. The molecule has 0 spiro atoms. The van der Waals surface area contributed by atoms with Gasteiger partial charge in [0.15, 0.2) is 17.5 Å². The molecule has 0 saturated heterocycles. The summed E-state index contributed by atoms with van der Waals surface area (Å²) in [6, 6.07) is 1.39. The molecule has 0 aliphatic carbocycles. The minimum absolute atomic E-state index is 0.0000746. The number of carbonyl (C=O) groups is 1. The van der Waals surface area contributed by atoms with E-state index in [1.165, 1.54) is 0 Å². The van der Waals surface area contributed by atoms with E-state index in [0.29, 0.717) is 17.3 Å². The molecule has 5 nitrogen and oxygen atoms in total. The van der Waals surface area contributed by atoms with Crippen LogP contribution in [-0.4, -0.2) is 20.6 Å². The Balaban J connectivity index is 2.10. The third-order valence-corrected chi connectivity index (χ3v) is 4.38. The maximum atomic E-state index is 14.0. The van der Waals surface area contributed by atoms with Crippen molar-refractivity contribution >= 4 is 5.91 Å². The van der Waals surface area contributed by atoms with Gasteiger partial charge < -0.3 is 4.90 Å². The summed E-state index contributed by atoms with van der Waals surface area (Å²) in [6.07, 6.45) is 0. The van der Waals surface area contributed by atoms with Crippen LogP contribution in [0.2, 0.25) is 0 Å². The highest BCUT2D eigenvalue weighted by Crippen LogP contribution is 2.38. The molecule has 2 aromatic rings. The summed E-state index contributed by atoms with van der Waals surface area (Å²) < 4.78 is 42.6. The molecule has 1 aliphatic rings. The second-order valence-corrected chi connectivity index (χ2v) is 5.69. The highest BCUT2D eigenvalue weighted by molar-refractivity contribution is 6.00. The highest BCUT2D eigenvalue weighted by atomic mass is 19.2. The first-order valence-electron chi connectivity index (χ1n) is 7.15. The quantitative estimate of drug-likeness (QED) is 0.793. The van der Waals surface area contributed by atoms with Gasteiger partial charge in [0.1, 0.15) is 6.04 Å². The fourth-order valence-corrected chi connectivity index (χ4v) is 2.99. The number of rotatable bonds is 2. The van der Waals surface area contributed by atoms with Crippen LogP contribution in [0.4, 0.5) is 13.2 Å². The van der Waals surface area contributed by atoms with Crippen LogP contribution in [0, 0.1) is 42.6 Å². The Morgan fingerprint density at radius 3 is 2.50 bits per heavy atom. The Morgan fingerprint density at radius 2 is 1.96 bits per heavy atom. The molecule has 124 valence electrons. The largest absolute Gasteiger partial charge is 0.314 e. The maximum Gasteiger partial charge on any atom is 0.258 e. The summed E-state index contributed by atoms with van der Waals surface area (Å²) in [4.78, 5) is 13.6. The van der Waals surface area contributed by atoms with Crippen molar-refractivity contribution in [2.45, 2.75) is 26.4 Å². The molecule has 24 heavy (non-hydrogen) atoms. The van der Waals surface area contributed by atoms with Gasteiger partial charge in [0.05, 0.1) is 23.9 Å². The number of hydrogen-bond donors (Lipinski definition) is 0. The molecule has 8 heteroatoms. The average Bonchev–Trinajstić information content (AvgIpc) is 2.93. The van der Waals surface area contributed by atoms with E-state index in [9.17, 15) is 23.2 Å². The molecule has 1 atom stereocenters. The molecular formula is C16H13F3N4O. The van der Waals surface area contributed by atoms with Crippen LogP contribution in [0.5, 0.6) is 0 Å². The first-order chi connectivity index (χ1) is 11.3. The molecule has 1 aromatic carbocycles. The SMILES string of the molecule is Cc1nn(C)c(C)c1CN1C(=O)c2c(cc(F)c(F)c2F)C1C#N. The predicted octanol–water partition coefficient (Wildman–Crippen LogP) is 2.67. The van der Waals surface area contributed by atoms with Crippen LogP contribution in [0.25, 0.3) is 0 Å². The van der Waals surface area contributed by atoms with Gasteiger partial charge in [0, 0.05) is 23.9 Å². The lowest BCUT2D eigenvalue weighted by atomic mass is 10.0. The maximum absolute atomic E-state index is 14.0. The van der Waals surface area contributed by atoms with Crippen molar-refractivity contribution in [1.29, 1.82) is 5.26 Å². The van der Waals surface area contributed by atoms with E-state index in [1.807, 2.05) is 6.07 Å². The number of nitrogens with zero attached hydrogens (tertiary/aromatic N) is 4. The van der Waals surface area contributed by atoms with Gasteiger partial charge in [0.2, 0.25) is 0 Å². The van der Waals surface area contributed by atoms with Crippen LogP contribution in [0.3, 0.4) is 0 Å². The number of benzene rings is 1. The second-order valence-electron chi connectivity index (χ2n) is 5.69. The van der Waals surface area contributed by atoms with E-state index in [1.54, 1.807) is 25.6 Å². The molecule has 1 aliphatic heterocycles. The first kappa shape index (κ1) is 16.1. The molecule has 1 unspecified atom stereocenters. The summed E-state index contributed by atoms with van der Waals surface area (Å²) in [5, 5.41) is 13.6. The van der Waals surface area contributed by atoms with E-state index in [-0.39, 0.29) is 12.1 Å². The number of carbonyl (C=O) groups excluding carboxylic acids is 1. The molecule has 0 saturated carbocycles. The number of amides is 1. The monoisotopic (exact) mass is 334 g/mol. The molecule has 0 bridgehead atoms. The zero-order valence-electron chi connectivity index (χ0n) is 13.2. The van der Waals surface area contributed by atoms with Gasteiger partial charge >= 0.3 is 0 Å². The van der Waals surface area contributed by atoms with Crippen molar-refractivity contribution in [1.82, 2.24) is 14.7 Å². The van der Waals surface area contributed by atoms with Crippen molar-refractivity contribution in [2.75, 3.05) is 0 Å². The van der Waals surface area contributed by atoms with Crippen LogP contribution in [-0.2, 0) is 13.6 Å². The van der Waals surface area contributed by atoms with E-state index in [2.05, 4.69) is 5.10 Å². The van der Waals surface area contributed by atoms with Gasteiger partial charge in [-0.15, -0.1) is 0 Å². The zero-order chi connectivity index (χ0) is 17.8. The van der Waals surface area contributed by atoms with Crippen molar-refractivity contribution in [3.63, 3.8) is 0 Å². The highest BCUT2D eigenvalue weighted by Gasteiger charge is 2.41. The standard InChI is InChI=1S/C16H13F3N4O/c1-7-10(8(2)22(3)21-7)6-23-12(5-20)9-4-11(17)14(18)15(19)13(9)16(23)24/h4,12H,6H2,1-3H3. The van der Waals surface area contributed by atoms with Crippen LogP contribution in [0.15, 0.2) is 6.07 Å². The molecule has 2 heterocycles. The summed E-state index contributed by atoms with van der Waals surface area (Å²) >= 11 is 0. The average molecular weight is 334 g/mol. The zero-order valence-corrected chi connectivity index (χ0v) is 13.2. The van der Waals surface area contributed by atoms with E-state index in [0.717, 1.165) is 10.6 Å². The van der Waals surface area contributed by atoms with E-state index >= 15 is 0 Å². The van der Waals surface area contributed by atoms with Crippen LogP contribution >= 0.6 is 0 Å². The lowest BCUT2D eigenvalue weighted by molar-refractivity contribution is 0.0740. The van der Waals surface area contributed by atoms with Crippen molar-refractivity contribution in [3.05, 3.63) is 51.6 Å². The number of nitriles is 1. The fourth-order valence-electron chi connectivity index (χ4n) is 2.99. The van der Waals surface area contributed by atoms with Gasteiger partial charge in [-0.3, -0.25) is 9.48 Å². The number of aryl methyl sites for hydroxylation is 2. The predicted molar refractivity (Wildman–Crippen MR) is 77.2 cm³/mol. The van der Waals surface area contributed by atoms with Gasteiger partial charge in [-0.05, 0) is 19.9 Å². The molecule has 3 rings (SSSR count). The number of fused-ring (bicyclic) bond motifs is 1. The van der Waals surface area contributed by atoms with Gasteiger partial charge in [-0.2, -0.15) is 10.4 Å². The fraction of sp³-hybridized carbons (Fsp3) is 0.312. The molecular weight excluding hydrogens is 321 g/mol. The van der Waals surface area contributed by atoms with E-state index in [4.69, 9.17) is 0 Å². The molecule has 1 amide bonds. The Labute approximate surface area is 135 Å². The van der Waals surface area contributed by atoms with Gasteiger partial charge in [-0.25, -0.2) is 13.2 Å². The van der Waals surface area contributed by atoms with E-state index < -0.39 is 35.0 Å². The normalized spacial score (nSPS) is 16.5. The Kier molecular flexibility index (Phi) is 3.59. The molecule has 0 radical (unpaired) electrons. The summed E-state index contributed by atoms with van der Waals surface area (Å²) in [5.74, 6) is -5.53. The van der Waals surface area contributed by atoms with Crippen LogP contribution in [0.1, 0.15) is 38.9 Å². The minimum Gasteiger partial charge on any atom is -0.314 e.